The molecule has 144 valence electrons. The Labute approximate surface area is 176 Å². The summed E-state index contributed by atoms with van der Waals surface area (Å²) in [6.45, 7) is 7.51. The van der Waals surface area contributed by atoms with Gasteiger partial charge in [0.15, 0.2) is 5.96 Å². The summed E-state index contributed by atoms with van der Waals surface area (Å²) < 4.78 is 7.68. The van der Waals surface area contributed by atoms with Crippen LogP contribution in [0.15, 0.2) is 35.6 Å². The molecular formula is C17H26ClIN6O. The summed E-state index contributed by atoms with van der Waals surface area (Å²) in [5.41, 5.74) is 0. The van der Waals surface area contributed by atoms with E-state index >= 15 is 0 Å². The summed E-state index contributed by atoms with van der Waals surface area (Å²) in [5, 5.41) is 15.2. The number of halogens is 2. The van der Waals surface area contributed by atoms with Crippen LogP contribution in [0.2, 0.25) is 5.02 Å². The highest BCUT2D eigenvalue weighted by Crippen LogP contribution is 2.15. The van der Waals surface area contributed by atoms with Gasteiger partial charge in [0.05, 0.1) is 13.1 Å². The van der Waals surface area contributed by atoms with Crippen LogP contribution in [0.3, 0.4) is 0 Å². The Hall–Kier alpha value is -1.55. The Morgan fingerprint density at radius 3 is 2.69 bits per heavy atom. The van der Waals surface area contributed by atoms with Gasteiger partial charge in [-0.25, -0.2) is 0 Å². The van der Waals surface area contributed by atoms with Crippen LogP contribution in [-0.2, 0) is 13.0 Å². The van der Waals surface area contributed by atoms with Crippen molar-refractivity contribution in [3.8, 4) is 5.75 Å². The lowest BCUT2D eigenvalue weighted by atomic mass is 10.3. The molecule has 1 aromatic heterocycles. The molecule has 0 spiro atoms. The highest BCUT2D eigenvalue weighted by atomic mass is 127. The first-order chi connectivity index (χ1) is 12.2. The molecule has 26 heavy (non-hydrogen) atoms. The molecule has 9 heteroatoms. The van der Waals surface area contributed by atoms with Crippen LogP contribution in [0.1, 0.15) is 19.7 Å². The normalized spacial score (nSPS) is 11.0. The molecule has 1 heterocycles. The molecular weight excluding hydrogens is 467 g/mol. The molecule has 0 radical (unpaired) electrons. The third kappa shape index (κ3) is 7.77. The molecule has 0 aliphatic carbocycles. The maximum Gasteiger partial charge on any atom is 0.191 e. The fourth-order valence-corrected chi connectivity index (χ4v) is 2.35. The van der Waals surface area contributed by atoms with Gasteiger partial charge in [-0.3, -0.25) is 4.99 Å². The lowest BCUT2D eigenvalue weighted by molar-refractivity contribution is 0.322. The number of aliphatic imine (C=N–C) groups is 1. The van der Waals surface area contributed by atoms with Crippen LogP contribution < -0.4 is 15.4 Å². The molecule has 0 saturated heterocycles. The predicted molar refractivity (Wildman–Crippen MR) is 116 cm³/mol. The van der Waals surface area contributed by atoms with Crippen molar-refractivity contribution >= 4 is 41.5 Å². The van der Waals surface area contributed by atoms with E-state index in [1.807, 2.05) is 35.8 Å². The van der Waals surface area contributed by atoms with E-state index in [4.69, 9.17) is 16.3 Å². The third-order valence-electron chi connectivity index (χ3n) is 3.44. The van der Waals surface area contributed by atoms with Crippen molar-refractivity contribution in [2.75, 3.05) is 26.2 Å². The minimum Gasteiger partial charge on any atom is -0.492 e. The van der Waals surface area contributed by atoms with Gasteiger partial charge in [0, 0.05) is 24.5 Å². The monoisotopic (exact) mass is 492 g/mol. The van der Waals surface area contributed by atoms with E-state index in [9.17, 15) is 0 Å². The van der Waals surface area contributed by atoms with E-state index in [1.54, 1.807) is 6.33 Å². The van der Waals surface area contributed by atoms with Gasteiger partial charge in [0.1, 0.15) is 24.5 Å². The topological polar surface area (TPSA) is 76.4 Å². The molecule has 0 amide bonds. The van der Waals surface area contributed by atoms with Crippen molar-refractivity contribution in [2.45, 2.75) is 26.8 Å². The van der Waals surface area contributed by atoms with Gasteiger partial charge in [-0.1, -0.05) is 18.5 Å². The summed E-state index contributed by atoms with van der Waals surface area (Å²) in [6, 6.07) is 7.33. The van der Waals surface area contributed by atoms with E-state index in [0.29, 0.717) is 24.7 Å². The maximum atomic E-state index is 5.85. The first kappa shape index (κ1) is 22.5. The zero-order valence-corrected chi connectivity index (χ0v) is 18.2. The second-order valence-corrected chi connectivity index (χ2v) is 5.72. The number of hydrogen-bond acceptors (Lipinski definition) is 4. The number of rotatable bonds is 9. The van der Waals surface area contributed by atoms with Crippen LogP contribution >= 0.6 is 35.6 Å². The number of hydrogen-bond donors (Lipinski definition) is 2. The molecule has 1 aromatic carbocycles. The van der Waals surface area contributed by atoms with E-state index in [0.717, 1.165) is 37.0 Å². The van der Waals surface area contributed by atoms with Gasteiger partial charge in [-0.15, -0.1) is 34.2 Å². The standard InChI is InChI=1S/C17H25ClN6O.HI/c1-3-16-23-22-13-24(16)11-9-20-17(19-4-2)21-10-12-25-15-7-5-14(18)6-8-15;/h5-8,13H,3-4,9-12H2,1-2H3,(H2,19,20,21);1H. The number of ether oxygens (including phenoxy) is 1. The first-order valence-corrected chi connectivity index (χ1v) is 8.88. The summed E-state index contributed by atoms with van der Waals surface area (Å²) >= 11 is 5.85. The Morgan fingerprint density at radius 1 is 1.23 bits per heavy atom. The minimum absolute atomic E-state index is 0. The van der Waals surface area contributed by atoms with Crippen molar-refractivity contribution in [1.29, 1.82) is 0 Å². The molecule has 0 unspecified atom stereocenters. The number of nitrogens with one attached hydrogen (secondary N) is 2. The smallest absolute Gasteiger partial charge is 0.191 e. The zero-order valence-electron chi connectivity index (χ0n) is 15.1. The van der Waals surface area contributed by atoms with Gasteiger partial charge in [-0.05, 0) is 31.2 Å². The lowest BCUT2D eigenvalue weighted by Crippen LogP contribution is -2.39. The summed E-state index contributed by atoms with van der Waals surface area (Å²) in [7, 11) is 0. The average molecular weight is 493 g/mol. The average Bonchev–Trinajstić information content (AvgIpc) is 3.07. The second-order valence-electron chi connectivity index (χ2n) is 5.28. The Morgan fingerprint density at radius 2 is 2.00 bits per heavy atom. The van der Waals surface area contributed by atoms with Crippen molar-refractivity contribution in [1.82, 2.24) is 25.4 Å². The summed E-state index contributed by atoms with van der Waals surface area (Å²) in [6.07, 6.45) is 2.61. The van der Waals surface area contributed by atoms with Crippen molar-refractivity contribution < 1.29 is 4.74 Å². The fraction of sp³-hybridized carbons (Fsp3) is 0.471. The van der Waals surface area contributed by atoms with Gasteiger partial charge in [0.25, 0.3) is 0 Å². The highest BCUT2D eigenvalue weighted by Gasteiger charge is 2.01. The first-order valence-electron chi connectivity index (χ1n) is 8.50. The van der Waals surface area contributed by atoms with Crippen LogP contribution in [0.25, 0.3) is 0 Å². The maximum absolute atomic E-state index is 5.85. The van der Waals surface area contributed by atoms with Crippen molar-refractivity contribution in [2.24, 2.45) is 4.99 Å². The zero-order chi connectivity index (χ0) is 17.9. The number of nitrogens with zero attached hydrogens (tertiary/aromatic N) is 4. The number of guanidine groups is 1. The van der Waals surface area contributed by atoms with Gasteiger partial charge in [-0.2, -0.15) is 0 Å². The molecule has 2 N–H and O–H groups in total. The molecule has 0 saturated carbocycles. The van der Waals surface area contributed by atoms with Crippen LogP contribution in [-0.4, -0.2) is 47.0 Å². The second kappa shape index (κ2) is 12.7. The van der Waals surface area contributed by atoms with E-state index in [-0.39, 0.29) is 24.0 Å². The Bertz CT molecular complexity index is 662. The van der Waals surface area contributed by atoms with Crippen LogP contribution in [0.5, 0.6) is 5.75 Å². The Balaban J connectivity index is 0.00000338. The van der Waals surface area contributed by atoms with Crippen molar-refractivity contribution in [3.05, 3.63) is 41.4 Å². The summed E-state index contributed by atoms with van der Waals surface area (Å²) in [5.74, 6) is 2.55. The highest BCUT2D eigenvalue weighted by molar-refractivity contribution is 14.0. The van der Waals surface area contributed by atoms with E-state index < -0.39 is 0 Å². The molecule has 0 aliphatic rings. The number of benzene rings is 1. The van der Waals surface area contributed by atoms with E-state index in [2.05, 4.69) is 32.7 Å². The predicted octanol–water partition coefficient (Wildman–Crippen LogP) is 2.75. The molecule has 2 rings (SSSR count). The fourth-order valence-electron chi connectivity index (χ4n) is 2.22. The SMILES string of the molecule is CCNC(=NCCn1cnnc1CC)NCCOc1ccc(Cl)cc1.I. The molecule has 2 aromatic rings. The Kier molecular flexibility index (Phi) is 11.0. The number of aryl methyl sites for hydroxylation is 1. The van der Waals surface area contributed by atoms with E-state index in [1.165, 1.54) is 0 Å². The molecule has 0 fully saturated rings. The van der Waals surface area contributed by atoms with Gasteiger partial charge in [0.2, 0.25) is 0 Å². The van der Waals surface area contributed by atoms with Crippen LogP contribution in [0.4, 0.5) is 0 Å². The van der Waals surface area contributed by atoms with Gasteiger partial charge < -0.3 is 19.9 Å². The van der Waals surface area contributed by atoms with Gasteiger partial charge >= 0.3 is 0 Å². The molecule has 0 bridgehead atoms. The van der Waals surface area contributed by atoms with Crippen LogP contribution in [0, 0.1) is 0 Å². The largest absolute Gasteiger partial charge is 0.492 e. The van der Waals surface area contributed by atoms with Crippen molar-refractivity contribution in [3.63, 3.8) is 0 Å². The quantitative estimate of drug-likeness (QED) is 0.244. The molecule has 0 aliphatic heterocycles. The summed E-state index contributed by atoms with van der Waals surface area (Å²) in [4.78, 5) is 4.56. The number of aromatic nitrogens is 3. The third-order valence-corrected chi connectivity index (χ3v) is 3.70. The molecule has 0 atom stereocenters. The minimum atomic E-state index is 0. The molecule has 7 nitrogen and oxygen atoms in total. The lowest BCUT2D eigenvalue weighted by Gasteiger charge is -2.12.